The van der Waals surface area contributed by atoms with Crippen molar-refractivity contribution >= 4 is 33.4 Å². The SMILES string of the molecule is CC[C@@H](C)NS(=O)(=O)c1ccc(C(=O)NNC(=O)c2ccc(Cl)cc2)cc1. The lowest BCUT2D eigenvalue weighted by Crippen LogP contribution is -2.41. The summed E-state index contributed by atoms with van der Waals surface area (Å²) >= 11 is 5.76. The number of hydrogen-bond donors (Lipinski definition) is 3. The largest absolute Gasteiger partial charge is 0.269 e. The van der Waals surface area contributed by atoms with Crippen molar-refractivity contribution in [1.29, 1.82) is 0 Å². The Morgan fingerprint density at radius 2 is 1.37 bits per heavy atom. The molecule has 0 bridgehead atoms. The number of amides is 2. The van der Waals surface area contributed by atoms with Gasteiger partial charge in [0.15, 0.2) is 0 Å². The van der Waals surface area contributed by atoms with Crippen LogP contribution in [0.15, 0.2) is 53.4 Å². The molecule has 3 N–H and O–H groups in total. The van der Waals surface area contributed by atoms with Crippen LogP contribution in [0.2, 0.25) is 5.02 Å². The van der Waals surface area contributed by atoms with Crippen LogP contribution >= 0.6 is 11.6 Å². The van der Waals surface area contributed by atoms with Gasteiger partial charge in [-0.15, -0.1) is 0 Å². The van der Waals surface area contributed by atoms with E-state index in [0.717, 1.165) is 0 Å². The highest BCUT2D eigenvalue weighted by Crippen LogP contribution is 2.12. The maximum Gasteiger partial charge on any atom is 0.269 e. The maximum absolute atomic E-state index is 12.2. The fraction of sp³-hybridized carbons (Fsp3) is 0.222. The maximum atomic E-state index is 12.2. The van der Waals surface area contributed by atoms with Crippen LogP contribution in [-0.2, 0) is 10.0 Å². The van der Waals surface area contributed by atoms with E-state index < -0.39 is 21.8 Å². The standard InChI is InChI=1S/C18H20ClN3O4S/c1-3-12(2)22-27(25,26)16-10-6-14(7-11-16)18(24)21-20-17(23)13-4-8-15(19)9-5-13/h4-12,22H,3H2,1-2H3,(H,20,23)(H,21,24)/t12-/m1/s1. The third-order valence-electron chi connectivity index (χ3n) is 3.79. The Bertz CT molecular complexity index is 913. The van der Waals surface area contributed by atoms with Crippen LogP contribution in [0.5, 0.6) is 0 Å². The van der Waals surface area contributed by atoms with Gasteiger partial charge in [0.05, 0.1) is 4.90 Å². The van der Waals surface area contributed by atoms with Crippen molar-refractivity contribution in [2.45, 2.75) is 31.2 Å². The number of sulfonamides is 1. The van der Waals surface area contributed by atoms with Crippen molar-refractivity contribution in [1.82, 2.24) is 15.6 Å². The Hall–Kier alpha value is -2.42. The minimum atomic E-state index is -3.64. The Morgan fingerprint density at radius 1 is 0.926 bits per heavy atom. The summed E-state index contributed by atoms with van der Waals surface area (Å²) in [5, 5.41) is 0.494. The molecule has 0 aliphatic heterocycles. The molecule has 0 heterocycles. The average Bonchev–Trinajstić information content (AvgIpc) is 2.66. The van der Waals surface area contributed by atoms with E-state index in [1.54, 1.807) is 19.1 Å². The molecule has 0 aliphatic rings. The van der Waals surface area contributed by atoms with Crippen molar-refractivity contribution in [3.63, 3.8) is 0 Å². The first-order chi connectivity index (χ1) is 12.7. The summed E-state index contributed by atoms with van der Waals surface area (Å²) in [6.45, 7) is 3.64. The van der Waals surface area contributed by atoms with Gasteiger partial charge in [0.2, 0.25) is 10.0 Å². The van der Waals surface area contributed by atoms with Gasteiger partial charge in [-0.05, 0) is 61.9 Å². The number of carbonyl (C=O) groups excluding carboxylic acids is 2. The van der Waals surface area contributed by atoms with Crippen LogP contribution in [0.1, 0.15) is 41.0 Å². The molecule has 144 valence electrons. The molecule has 0 aliphatic carbocycles. The van der Waals surface area contributed by atoms with E-state index in [-0.39, 0.29) is 16.5 Å². The molecule has 2 rings (SSSR count). The van der Waals surface area contributed by atoms with Crippen LogP contribution in [0.4, 0.5) is 0 Å². The van der Waals surface area contributed by atoms with Crippen LogP contribution in [0.25, 0.3) is 0 Å². The molecule has 0 radical (unpaired) electrons. The third-order valence-corrected chi connectivity index (χ3v) is 5.65. The lowest BCUT2D eigenvalue weighted by atomic mass is 10.2. The van der Waals surface area contributed by atoms with Crippen molar-refractivity contribution in [3.8, 4) is 0 Å². The first kappa shape index (κ1) is 20.9. The van der Waals surface area contributed by atoms with Crippen LogP contribution in [0, 0.1) is 0 Å². The van der Waals surface area contributed by atoms with Crippen LogP contribution in [-0.4, -0.2) is 26.3 Å². The summed E-state index contributed by atoms with van der Waals surface area (Å²) in [5.41, 5.74) is 5.09. The normalized spacial score (nSPS) is 12.3. The molecule has 0 saturated heterocycles. The number of rotatable bonds is 6. The van der Waals surface area contributed by atoms with Gasteiger partial charge in [0.1, 0.15) is 0 Å². The molecule has 27 heavy (non-hydrogen) atoms. The quantitative estimate of drug-likeness (QED) is 0.637. The Labute approximate surface area is 163 Å². The summed E-state index contributed by atoms with van der Waals surface area (Å²) in [4.78, 5) is 24.1. The fourth-order valence-electron chi connectivity index (χ4n) is 2.06. The highest BCUT2D eigenvalue weighted by molar-refractivity contribution is 7.89. The van der Waals surface area contributed by atoms with Crippen molar-refractivity contribution in [2.75, 3.05) is 0 Å². The molecular formula is C18H20ClN3O4S. The van der Waals surface area contributed by atoms with Crippen molar-refractivity contribution in [2.24, 2.45) is 0 Å². The zero-order chi connectivity index (χ0) is 20.0. The van der Waals surface area contributed by atoms with Gasteiger partial charge in [-0.2, -0.15) is 0 Å². The minimum Gasteiger partial charge on any atom is -0.267 e. The summed E-state index contributed by atoms with van der Waals surface area (Å²) in [6.07, 6.45) is 0.660. The summed E-state index contributed by atoms with van der Waals surface area (Å²) in [5.74, 6) is -1.08. The first-order valence-electron chi connectivity index (χ1n) is 8.21. The predicted octanol–water partition coefficient (Wildman–Crippen LogP) is 2.49. The summed E-state index contributed by atoms with van der Waals surface area (Å²) in [6, 6.07) is 11.4. The van der Waals surface area contributed by atoms with Crippen LogP contribution in [0.3, 0.4) is 0 Å². The van der Waals surface area contributed by atoms with Gasteiger partial charge in [-0.3, -0.25) is 20.4 Å². The van der Waals surface area contributed by atoms with Crippen molar-refractivity contribution in [3.05, 3.63) is 64.7 Å². The van der Waals surface area contributed by atoms with Gasteiger partial charge in [-0.1, -0.05) is 18.5 Å². The van der Waals surface area contributed by atoms with E-state index in [1.807, 2.05) is 6.92 Å². The van der Waals surface area contributed by atoms with E-state index in [0.29, 0.717) is 17.0 Å². The molecule has 0 saturated carbocycles. The number of hydrogen-bond acceptors (Lipinski definition) is 4. The second kappa shape index (κ2) is 8.98. The lowest BCUT2D eigenvalue weighted by Gasteiger charge is -2.12. The lowest BCUT2D eigenvalue weighted by molar-refractivity contribution is 0.0846. The molecular weight excluding hydrogens is 390 g/mol. The summed E-state index contributed by atoms with van der Waals surface area (Å²) < 4.78 is 26.9. The van der Waals surface area contributed by atoms with E-state index in [2.05, 4.69) is 15.6 Å². The van der Waals surface area contributed by atoms with Gasteiger partial charge in [0.25, 0.3) is 11.8 Å². The number of hydrazine groups is 1. The average molecular weight is 410 g/mol. The van der Waals surface area contributed by atoms with Crippen molar-refractivity contribution < 1.29 is 18.0 Å². The fourth-order valence-corrected chi connectivity index (χ4v) is 3.51. The third kappa shape index (κ3) is 5.78. The highest BCUT2D eigenvalue weighted by atomic mass is 35.5. The number of benzene rings is 2. The molecule has 1 atom stereocenters. The topological polar surface area (TPSA) is 104 Å². The van der Waals surface area contributed by atoms with Gasteiger partial charge < -0.3 is 0 Å². The zero-order valence-electron chi connectivity index (χ0n) is 14.8. The second-order valence-electron chi connectivity index (χ2n) is 5.87. The molecule has 2 aromatic rings. The molecule has 0 fully saturated rings. The second-order valence-corrected chi connectivity index (χ2v) is 8.02. The van der Waals surface area contributed by atoms with Gasteiger partial charge in [0, 0.05) is 22.2 Å². The van der Waals surface area contributed by atoms with E-state index in [1.165, 1.54) is 36.4 Å². The molecule has 0 unspecified atom stereocenters. The Morgan fingerprint density at radius 3 is 1.81 bits per heavy atom. The molecule has 2 aromatic carbocycles. The Balaban J connectivity index is 1.99. The number of carbonyl (C=O) groups is 2. The summed E-state index contributed by atoms with van der Waals surface area (Å²) in [7, 11) is -3.64. The number of nitrogens with one attached hydrogen (secondary N) is 3. The molecule has 0 aromatic heterocycles. The predicted molar refractivity (Wildman–Crippen MR) is 103 cm³/mol. The highest BCUT2D eigenvalue weighted by Gasteiger charge is 2.17. The van der Waals surface area contributed by atoms with E-state index in [9.17, 15) is 18.0 Å². The first-order valence-corrected chi connectivity index (χ1v) is 10.1. The van der Waals surface area contributed by atoms with Crippen LogP contribution < -0.4 is 15.6 Å². The monoisotopic (exact) mass is 409 g/mol. The Kier molecular flexibility index (Phi) is 6.95. The van der Waals surface area contributed by atoms with E-state index in [4.69, 9.17) is 11.6 Å². The van der Waals surface area contributed by atoms with Gasteiger partial charge >= 0.3 is 0 Å². The van der Waals surface area contributed by atoms with Gasteiger partial charge in [-0.25, -0.2) is 13.1 Å². The smallest absolute Gasteiger partial charge is 0.267 e. The minimum absolute atomic E-state index is 0.0598. The molecule has 9 heteroatoms. The molecule has 7 nitrogen and oxygen atoms in total. The zero-order valence-corrected chi connectivity index (χ0v) is 16.4. The molecule has 2 amide bonds. The number of halogens is 1. The molecule has 0 spiro atoms. The van der Waals surface area contributed by atoms with E-state index >= 15 is 0 Å².